The first-order valence-electron chi connectivity index (χ1n) is 3.72. The van der Waals surface area contributed by atoms with Crippen LogP contribution in [-0.2, 0) is 0 Å². The Morgan fingerprint density at radius 1 is 1.67 bits per heavy atom. The quantitative estimate of drug-likeness (QED) is 0.793. The Hall–Kier alpha value is -0.320. The zero-order chi connectivity index (χ0) is 7.52. The molecular formula is C7H11ClN2OS. The fraction of sp³-hybridized carbons (Fsp3) is 0.571. The molecule has 2 rings (SSSR count). The first-order valence-corrected chi connectivity index (χ1v) is 4.60. The summed E-state index contributed by atoms with van der Waals surface area (Å²) in [6, 6.07) is 0. The fourth-order valence-corrected chi connectivity index (χ4v) is 1.69. The van der Waals surface area contributed by atoms with Gasteiger partial charge in [-0.2, -0.15) is 0 Å². The van der Waals surface area contributed by atoms with Gasteiger partial charge in [0.05, 0.1) is 0 Å². The zero-order valence-electron chi connectivity index (χ0n) is 6.53. The second-order valence-corrected chi connectivity index (χ2v) is 3.39. The fourth-order valence-electron chi connectivity index (χ4n) is 1.14. The number of thiazole rings is 1. The Balaban J connectivity index is 0.000000720. The van der Waals surface area contributed by atoms with E-state index in [4.69, 9.17) is 4.74 Å². The highest BCUT2D eigenvalue weighted by atomic mass is 35.5. The van der Waals surface area contributed by atoms with Gasteiger partial charge in [-0.05, 0) is 13.0 Å². The van der Waals surface area contributed by atoms with Crippen molar-refractivity contribution in [2.45, 2.75) is 12.5 Å². The van der Waals surface area contributed by atoms with Crippen molar-refractivity contribution in [3.05, 3.63) is 11.6 Å². The molecule has 0 saturated carbocycles. The first kappa shape index (κ1) is 9.77. The van der Waals surface area contributed by atoms with Crippen molar-refractivity contribution in [1.82, 2.24) is 10.3 Å². The van der Waals surface area contributed by atoms with E-state index in [1.54, 1.807) is 17.5 Å². The molecule has 1 atom stereocenters. The molecule has 0 spiro atoms. The van der Waals surface area contributed by atoms with Crippen molar-refractivity contribution < 1.29 is 4.74 Å². The van der Waals surface area contributed by atoms with Crippen LogP contribution in [0.25, 0.3) is 0 Å². The van der Waals surface area contributed by atoms with Gasteiger partial charge in [0.15, 0.2) is 0 Å². The van der Waals surface area contributed by atoms with E-state index in [2.05, 4.69) is 10.3 Å². The maximum absolute atomic E-state index is 5.56. The van der Waals surface area contributed by atoms with Gasteiger partial charge in [0, 0.05) is 18.1 Å². The molecule has 0 bridgehead atoms. The number of nitrogens with zero attached hydrogens (tertiary/aromatic N) is 1. The van der Waals surface area contributed by atoms with E-state index in [1.165, 1.54) is 0 Å². The molecule has 68 valence electrons. The predicted octanol–water partition coefficient (Wildman–Crippen LogP) is 1.31. The molecule has 1 fully saturated rings. The lowest BCUT2D eigenvalue weighted by Crippen LogP contribution is -2.19. The number of hydrogen-bond donors (Lipinski definition) is 1. The Morgan fingerprint density at radius 3 is 3.17 bits per heavy atom. The van der Waals surface area contributed by atoms with Crippen molar-refractivity contribution in [3.63, 3.8) is 0 Å². The third-order valence-electron chi connectivity index (χ3n) is 1.69. The van der Waals surface area contributed by atoms with Crippen LogP contribution < -0.4 is 10.1 Å². The normalized spacial score (nSPS) is 21.8. The van der Waals surface area contributed by atoms with Crippen LogP contribution in [0.5, 0.6) is 5.19 Å². The summed E-state index contributed by atoms with van der Waals surface area (Å²) in [4.78, 5) is 4.05. The van der Waals surface area contributed by atoms with E-state index in [0.717, 1.165) is 24.7 Å². The average molecular weight is 207 g/mol. The summed E-state index contributed by atoms with van der Waals surface area (Å²) in [7, 11) is 0. The molecule has 1 unspecified atom stereocenters. The van der Waals surface area contributed by atoms with E-state index in [9.17, 15) is 0 Å². The minimum Gasteiger partial charge on any atom is -0.465 e. The van der Waals surface area contributed by atoms with Gasteiger partial charge in [-0.1, -0.05) is 11.3 Å². The Morgan fingerprint density at radius 2 is 2.58 bits per heavy atom. The Bertz CT molecular complexity index is 211. The highest BCUT2D eigenvalue weighted by molar-refractivity contribution is 7.11. The summed E-state index contributed by atoms with van der Waals surface area (Å²) in [6.07, 6.45) is 3.20. The van der Waals surface area contributed by atoms with Crippen LogP contribution in [0.1, 0.15) is 6.42 Å². The number of aromatic nitrogens is 1. The standard InChI is InChI=1S/C7H10N2OS.ClH/c1-2-8-5-6(1)10-7-9-3-4-11-7;/h3-4,6,8H,1-2,5H2;1H. The highest BCUT2D eigenvalue weighted by Gasteiger charge is 2.16. The van der Waals surface area contributed by atoms with E-state index >= 15 is 0 Å². The van der Waals surface area contributed by atoms with Gasteiger partial charge in [0.1, 0.15) is 6.10 Å². The summed E-state index contributed by atoms with van der Waals surface area (Å²) in [5.41, 5.74) is 0. The maximum Gasteiger partial charge on any atom is 0.273 e. The molecule has 1 aromatic heterocycles. The lowest BCUT2D eigenvalue weighted by atomic mass is 10.3. The molecule has 12 heavy (non-hydrogen) atoms. The number of ether oxygens (including phenoxy) is 1. The third kappa shape index (κ3) is 2.33. The van der Waals surface area contributed by atoms with Crippen LogP contribution in [0.15, 0.2) is 11.6 Å². The second kappa shape index (κ2) is 4.64. The van der Waals surface area contributed by atoms with Crippen molar-refractivity contribution in [2.75, 3.05) is 13.1 Å². The smallest absolute Gasteiger partial charge is 0.273 e. The van der Waals surface area contributed by atoms with Gasteiger partial charge in [-0.3, -0.25) is 0 Å². The summed E-state index contributed by atoms with van der Waals surface area (Å²) >= 11 is 1.55. The minimum atomic E-state index is 0. The molecule has 3 nitrogen and oxygen atoms in total. The van der Waals surface area contributed by atoms with Crippen molar-refractivity contribution in [1.29, 1.82) is 0 Å². The Labute approximate surface area is 81.6 Å². The van der Waals surface area contributed by atoms with Gasteiger partial charge in [-0.15, -0.1) is 12.4 Å². The van der Waals surface area contributed by atoms with Crippen LogP contribution >= 0.6 is 23.7 Å². The number of hydrogen-bond acceptors (Lipinski definition) is 4. The van der Waals surface area contributed by atoms with Crippen molar-refractivity contribution in [2.24, 2.45) is 0 Å². The summed E-state index contributed by atoms with van der Waals surface area (Å²) in [6.45, 7) is 2.02. The average Bonchev–Trinajstić information content (AvgIpc) is 2.60. The molecule has 5 heteroatoms. The molecule has 0 amide bonds. The summed E-state index contributed by atoms with van der Waals surface area (Å²) in [5, 5.41) is 5.96. The lowest BCUT2D eigenvalue weighted by molar-refractivity contribution is 0.222. The third-order valence-corrected chi connectivity index (χ3v) is 2.35. The van der Waals surface area contributed by atoms with Crippen LogP contribution in [0.3, 0.4) is 0 Å². The van der Waals surface area contributed by atoms with E-state index < -0.39 is 0 Å². The highest BCUT2D eigenvalue weighted by Crippen LogP contribution is 2.17. The maximum atomic E-state index is 5.56. The van der Waals surface area contributed by atoms with Crippen LogP contribution in [-0.4, -0.2) is 24.2 Å². The molecule has 1 N–H and O–H groups in total. The van der Waals surface area contributed by atoms with Crippen molar-refractivity contribution in [3.8, 4) is 5.19 Å². The van der Waals surface area contributed by atoms with E-state index in [1.807, 2.05) is 5.38 Å². The lowest BCUT2D eigenvalue weighted by Gasteiger charge is -2.07. The molecular weight excluding hydrogens is 196 g/mol. The molecule has 2 heterocycles. The second-order valence-electron chi connectivity index (χ2n) is 2.53. The molecule has 1 aliphatic rings. The largest absolute Gasteiger partial charge is 0.465 e. The van der Waals surface area contributed by atoms with Gasteiger partial charge in [-0.25, -0.2) is 4.98 Å². The SMILES string of the molecule is Cl.c1csc(OC2CCNC2)n1. The number of halogens is 1. The minimum absolute atomic E-state index is 0. The van der Waals surface area contributed by atoms with Gasteiger partial charge in [0.25, 0.3) is 5.19 Å². The molecule has 1 aliphatic heterocycles. The van der Waals surface area contributed by atoms with Gasteiger partial charge >= 0.3 is 0 Å². The molecule has 0 aromatic carbocycles. The summed E-state index contributed by atoms with van der Waals surface area (Å²) in [5.74, 6) is 0. The molecule has 1 aromatic rings. The van der Waals surface area contributed by atoms with Gasteiger partial charge < -0.3 is 10.1 Å². The molecule has 0 aliphatic carbocycles. The molecule has 0 radical (unpaired) electrons. The van der Waals surface area contributed by atoms with Gasteiger partial charge in [0.2, 0.25) is 0 Å². The van der Waals surface area contributed by atoms with Crippen molar-refractivity contribution >= 4 is 23.7 Å². The predicted molar refractivity (Wildman–Crippen MR) is 51.3 cm³/mol. The molecule has 1 saturated heterocycles. The van der Waals surface area contributed by atoms with Crippen LogP contribution in [0, 0.1) is 0 Å². The number of rotatable bonds is 2. The van der Waals surface area contributed by atoms with Crippen LogP contribution in [0.2, 0.25) is 0 Å². The van der Waals surface area contributed by atoms with E-state index in [0.29, 0.717) is 6.10 Å². The topological polar surface area (TPSA) is 34.1 Å². The monoisotopic (exact) mass is 206 g/mol. The number of nitrogens with one attached hydrogen (secondary N) is 1. The zero-order valence-corrected chi connectivity index (χ0v) is 8.16. The van der Waals surface area contributed by atoms with E-state index in [-0.39, 0.29) is 12.4 Å². The van der Waals surface area contributed by atoms with Crippen LogP contribution in [0.4, 0.5) is 0 Å². The first-order chi connectivity index (χ1) is 5.45. The summed E-state index contributed by atoms with van der Waals surface area (Å²) < 4.78 is 5.56. The Kier molecular flexibility index (Phi) is 3.78.